The van der Waals surface area contributed by atoms with Crippen molar-refractivity contribution < 1.29 is 9.59 Å². The zero-order valence-electron chi connectivity index (χ0n) is 20.4. The van der Waals surface area contributed by atoms with Gasteiger partial charge in [0.25, 0.3) is 0 Å². The van der Waals surface area contributed by atoms with E-state index in [9.17, 15) is 9.59 Å². The predicted molar refractivity (Wildman–Crippen MR) is 144 cm³/mol. The van der Waals surface area contributed by atoms with Gasteiger partial charge in [-0.3, -0.25) is 9.59 Å². The molecule has 2 amide bonds. The van der Waals surface area contributed by atoms with Gasteiger partial charge >= 0.3 is 0 Å². The van der Waals surface area contributed by atoms with Crippen molar-refractivity contribution in [2.75, 3.05) is 6.54 Å². The van der Waals surface area contributed by atoms with Crippen LogP contribution < -0.4 is 5.32 Å². The molecule has 0 aromatic heterocycles. The second kappa shape index (κ2) is 12.8. The second-order valence-corrected chi connectivity index (χ2v) is 10.1. The molecule has 3 aromatic carbocycles. The largest absolute Gasteiger partial charge is 0.354 e. The Balaban J connectivity index is 1.96. The van der Waals surface area contributed by atoms with Crippen molar-refractivity contribution in [3.05, 3.63) is 105 Å². The minimum Gasteiger partial charge on any atom is -0.354 e. The van der Waals surface area contributed by atoms with Crippen LogP contribution in [0.25, 0.3) is 0 Å². The Morgan fingerprint density at radius 2 is 1.51 bits per heavy atom. The number of aryl methyl sites for hydroxylation is 1. The van der Waals surface area contributed by atoms with Crippen molar-refractivity contribution in [2.24, 2.45) is 5.92 Å². The van der Waals surface area contributed by atoms with Crippen molar-refractivity contribution >= 4 is 35.0 Å². The van der Waals surface area contributed by atoms with Crippen molar-refractivity contribution in [3.63, 3.8) is 0 Å². The number of benzene rings is 3. The number of rotatable bonds is 10. The van der Waals surface area contributed by atoms with Gasteiger partial charge in [-0.2, -0.15) is 0 Å². The Bertz CT molecular complexity index is 1130. The summed E-state index contributed by atoms with van der Waals surface area (Å²) in [7, 11) is 0. The van der Waals surface area contributed by atoms with Gasteiger partial charge in [-0.1, -0.05) is 103 Å². The lowest BCUT2D eigenvalue weighted by Crippen LogP contribution is -2.51. The Labute approximate surface area is 218 Å². The number of hydrogen-bond acceptors (Lipinski definition) is 2. The van der Waals surface area contributed by atoms with Crippen molar-refractivity contribution in [3.8, 4) is 0 Å². The summed E-state index contributed by atoms with van der Waals surface area (Å²) in [5, 5.41) is 3.90. The van der Waals surface area contributed by atoms with Gasteiger partial charge in [0.05, 0.1) is 16.5 Å². The first-order valence-electron chi connectivity index (χ1n) is 11.8. The summed E-state index contributed by atoms with van der Waals surface area (Å²) in [6.07, 6.45) is 0.607. The highest BCUT2D eigenvalue weighted by molar-refractivity contribution is 6.42. The number of amides is 2. The molecule has 0 bridgehead atoms. The minimum absolute atomic E-state index is 0.124. The predicted octanol–water partition coefficient (Wildman–Crippen LogP) is 6.26. The summed E-state index contributed by atoms with van der Waals surface area (Å²) in [4.78, 5) is 28.8. The summed E-state index contributed by atoms with van der Waals surface area (Å²) < 4.78 is 0. The molecular formula is C29H32Cl2N2O2. The third-order valence-corrected chi connectivity index (χ3v) is 6.51. The van der Waals surface area contributed by atoms with E-state index in [0.29, 0.717) is 28.9 Å². The summed E-state index contributed by atoms with van der Waals surface area (Å²) in [5.74, 6) is 0.00327. The van der Waals surface area contributed by atoms with Crippen LogP contribution in [0.4, 0.5) is 0 Å². The van der Waals surface area contributed by atoms with Crippen LogP contribution in [-0.4, -0.2) is 29.3 Å². The van der Waals surface area contributed by atoms with Crippen LogP contribution in [0, 0.1) is 12.8 Å². The fraction of sp³-hybridized carbons (Fsp3) is 0.310. The zero-order chi connectivity index (χ0) is 25.4. The van der Waals surface area contributed by atoms with E-state index in [2.05, 4.69) is 5.32 Å². The molecule has 0 aliphatic carbocycles. The number of nitrogens with zero attached hydrogens (tertiary/aromatic N) is 1. The third kappa shape index (κ3) is 8.12. The smallest absolute Gasteiger partial charge is 0.243 e. The molecule has 0 unspecified atom stereocenters. The van der Waals surface area contributed by atoms with Crippen molar-refractivity contribution in [1.29, 1.82) is 0 Å². The van der Waals surface area contributed by atoms with Crippen molar-refractivity contribution in [2.45, 2.75) is 46.2 Å². The van der Waals surface area contributed by atoms with Crippen LogP contribution >= 0.6 is 23.2 Å². The highest BCUT2D eigenvalue weighted by atomic mass is 35.5. The molecule has 1 N–H and O–H groups in total. The number of hydrogen-bond donors (Lipinski definition) is 1. The van der Waals surface area contributed by atoms with E-state index in [4.69, 9.17) is 23.2 Å². The first-order valence-corrected chi connectivity index (χ1v) is 12.6. The second-order valence-electron chi connectivity index (χ2n) is 9.28. The summed E-state index contributed by atoms with van der Waals surface area (Å²) in [6.45, 7) is 6.88. The maximum atomic E-state index is 13.7. The van der Waals surface area contributed by atoms with Crippen LogP contribution in [0.2, 0.25) is 10.0 Å². The fourth-order valence-corrected chi connectivity index (χ4v) is 4.11. The number of halogens is 2. The van der Waals surface area contributed by atoms with Gasteiger partial charge in [-0.25, -0.2) is 0 Å². The van der Waals surface area contributed by atoms with Crippen LogP contribution in [0.15, 0.2) is 72.8 Å². The van der Waals surface area contributed by atoms with E-state index in [1.807, 2.05) is 81.4 Å². The van der Waals surface area contributed by atoms with Gasteiger partial charge in [0, 0.05) is 19.5 Å². The molecule has 0 aliphatic heterocycles. The van der Waals surface area contributed by atoms with Gasteiger partial charge < -0.3 is 10.2 Å². The highest BCUT2D eigenvalue weighted by Gasteiger charge is 2.30. The number of carbonyl (C=O) groups excluding carboxylic acids is 2. The molecule has 0 fully saturated rings. The molecule has 0 saturated carbocycles. The van der Waals surface area contributed by atoms with Crippen LogP contribution in [-0.2, 0) is 29.0 Å². The van der Waals surface area contributed by atoms with Gasteiger partial charge in [-0.15, -0.1) is 0 Å². The van der Waals surface area contributed by atoms with Gasteiger partial charge in [-0.05, 0) is 41.7 Å². The van der Waals surface area contributed by atoms with Crippen molar-refractivity contribution in [1.82, 2.24) is 10.2 Å². The fourth-order valence-electron chi connectivity index (χ4n) is 3.79. The highest BCUT2D eigenvalue weighted by Crippen LogP contribution is 2.24. The van der Waals surface area contributed by atoms with E-state index in [0.717, 1.165) is 22.3 Å². The summed E-state index contributed by atoms with van der Waals surface area (Å²) in [5.41, 5.74) is 3.83. The van der Waals surface area contributed by atoms with E-state index >= 15 is 0 Å². The average molecular weight is 511 g/mol. The normalized spacial score (nSPS) is 11.8. The first kappa shape index (κ1) is 26.8. The lowest BCUT2D eigenvalue weighted by atomic mass is 10.0. The molecule has 0 radical (unpaired) electrons. The van der Waals surface area contributed by atoms with E-state index in [1.54, 1.807) is 17.0 Å². The van der Waals surface area contributed by atoms with Gasteiger partial charge in [0.15, 0.2) is 0 Å². The SMILES string of the molecule is Cc1ccc(CC(=O)N(Cc2ccc(Cl)c(Cl)c2)[C@@H](Cc2ccccc2)C(=O)NCC(C)C)cc1. The zero-order valence-corrected chi connectivity index (χ0v) is 21.9. The Morgan fingerprint density at radius 1 is 0.857 bits per heavy atom. The lowest BCUT2D eigenvalue weighted by Gasteiger charge is -2.32. The molecule has 0 saturated heterocycles. The third-order valence-electron chi connectivity index (χ3n) is 5.77. The Morgan fingerprint density at radius 3 is 2.14 bits per heavy atom. The van der Waals surface area contributed by atoms with Gasteiger partial charge in [0.2, 0.25) is 11.8 Å². The van der Waals surface area contributed by atoms with E-state index in [-0.39, 0.29) is 24.8 Å². The number of nitrogens with one attached hydrogen (secondary N) is 1. The topological polar surface area (TPSA) is 49.4 Å². The molecule has 3 rings (SSSR count). The maximum Gasteiger partial charge on any atom is 0.243 e. The molecule has 4 nitrogen and oxygen atoms in total. The molecule has 6 heteroatoms. The maximum absolute atomic E-state index is 13.7. The first-order chi connectivity index (χ1) is 16.7. The average Bonchev–Trinajstić information content (AvgIpc) is 2.84. The molecular weight excluding hydrogens is 479 g/mol. The van der Waals surface area contributed by atoms with E-state index < -0.39 is 6.04 Å². The Hall–Kier alpha value is -2.82. The standard InChI is InChI=1S/C29H32Cl2N2O2/c1-20(2)18-32-29(35)27(16-22-7-5-4-6-8-22)33(19-24-13-14-25(30)26(31)15-24)28(34)17-23-11-9-21(3)10-12-23/h4-15,20,27H,16-19H2,1-3H3,(H,32,35)/t27-/m0/s1. The molecule has 35 heavy (non-hydrogen) atoms. The van der Waals surface area contributed by atoms with E-state index in [1.165, 1.54) is 0 Å². The summed E-state index contributed by atoms with van der Waals surface area (Å²) >= 11 is 12.4. The van der Waals surface area contributed by atoms with Crippen LogP contribution in [0.1, 0.15) is 36.1 Å². The van der Waals surface area contributed by atoms with Crippen LogP contribution in [0.3, 0.4) is 0 Å². The summed E-state index contributed by atoms with van der Waals surface area (Å²) in [6, 6.07) is 22.3. The molecule has 0 heterocycles. The minimum atomic E-state index is -0.677. The van der Waals surface area contributed by atoms with Gasteiger partial charge in [0.1, 0.15) is 6.04 Å². The Kier molecular flexibility index (Phi) is 9.76. The lowest BCUT2D eigenvalue weighted by molar-refractivity contribution is -0.140. The van der Waals surface area contributed by atoms with Crippen LogP contribution in [0.5, 0.6) is 0 Å². The molecule has 0 spiro atoms. The molecule has 3 aromatic rings. The molecule has 1 atom stereocenters. The quantitative estimate of drug-likeness (QED) is 0.350. The monoisotopic (exact) mass is 510 g/mol. The molecule has 184 valence electrons. The number of carbonyl (C=O) groups is 2. The molecule has 0 aliphatic rings.